The molecule has 1 aromatic carbocycles. The number of benzene rings is 1. The molecule has 2 rings (SSSR count). The van der Waals surface area contributed by atoms with Crippen LogP contribution in [-0.2, 0) is 9.84 Å². The minimum Gasteiger partial charge on any atom is -0.383 e. The fourth-order valence-corrected chi connectivity index (χ4v) is 2.65. The quantitative estimate of drug-likeness (QED) is 0.905. The SMILES string of the molecule is CS(=O)(=O)c1ccc(NCC2(C#N)CCC2)cc1. The van der Waals surface area contributed by atoms with Crippen LogP contribution in [-0.4, -0.2) is 21.2 Å². The van der Waals surface area contributed by atoms with Crippen molar-refractivity contribution in [2.45, 2.75) is 24.2 Å². The molecule has 5 heteroatoms. The maximum atomic E-state index is 11.3. The van der Waals surface area contributed by atoms with Gasteiger partial charge in [0.2, 0.25) is 0 Å². The van der Waals surface area contributed by atoms with Crippen LogP contribution in [0.3, 0.4) is 0 Å². The van der Waals surface area contributed by atoms with Gasteiger partial charge in [0.25, 0.3) is 0 Å². The highest BCUT2D eigenvalue weighted by Gasteiger charge is 2.36. The molecule has 0 aromatic heterocycles. The molecular formula is C13H16N2O2S. The first-order chi connectivity index (χ1) is 8.45. The largest absolute Gasteiger partial charge is 0.383 e. The van der Waals surface area contributed by atoms with Crippen LogP contribution in [0.25, 0.3) is 0 Å². The lowest BCUT2D eigenvalue weighted by molar-refractivity contribution is 0.233. The minimum absolute atomic E-state index is 0.227. The topological polar surface area (TPSA) is 70.0 Å². The van der Waals surface area contributed by atoms with Crippen molar-refractivity contribution in [3.8, 4) is 6.07 Å². The Kier molecular flexibility index (Phi) is 3.31. The summed E-state index contributed by atoms with van der Waals surface area (Å²) in [6.45, 7) is 0.627. The van der Waals surface area contributed by atoms with Crippen LogP contribution in [0.15, 0.2) is 29.2 Å². The number of hydrogen-bond donors (Lipinski definition) is 1. The summed E-state index contributed by atoms with van der Waals surface area (Å²) in [6.07, 6.45) is 4.19. The van der Waals surface area contributed by atoms with Gasteiger partial charge >= 0.3 is 0 Å². The van der Waals surface area contributed by atoms with Gasteiger partial charge in [0.05, 0.1) is 16.4 Å². The van der Waals surface area contributed by atoms with Crippen molar-refractivity contribution in [2.24, 2.45) is 5.41 Å². The van der Waals surface area contributed by atoms with E-state index in [0.717, 1.165) is 24.9 Å². The van der Waals surface area contributed by atoms with Crippen LogP contribution in [0.2, 0.25) is 0 Å². The van der Waals surface area contributed by atoms with E-state index < -0.39 is 9.84 Å². The second-order valence-electron chi connectivity index (χ2n) is 4.90. The van der Waals surface area contributed by atoms with Crippen LogP contribution in [0.1, 0.15) is 19.3 Å². The smallest absolute Gasteiger partial charge is 0.175 e. The second-order valence-corrected chi connectivity index (χ2v) is 6.91. The number of sulfone groups is 1. The Balaban J connectivity index is 2.01. The van der Waals surface area contributed by atoms with Gasteiger partial charge in [0.15, 0.2) is 9.84 Å². The summed E-state index contributed by atoms with van der Waals surface area (Å²) in [5.74, 6) is 0. The molecule has 4 nitrogen and oxygen atoms in total. The van der Waals surface area contributed by atoms with Crippen molar-refractivity contribution >= 4 is 15.5 Å². The first-order valence-corrected chi connectivity index (χ1v) is 7.80. The lowest BCUT2D eigenvalue weighted by Gasteiger charge is -2.35. The fourth-order valence-electron chi connectivity index (χ4n) is 2.02. The van der Waals surface area contributed by atoms with Crippen molar-refractivity contribution in [2.75, 3.05) is 18.1 Å². The third-order valence-corrected chi connectivity index (χ3v) is 4.59. The van der Waals surface area contributed by atoms with Gasteiger partial charge in [-0.2, -0.15) is 5.26 Å². The molecule has 1 N–H and O–H groups in total. The molecule has 1 aliphatic carbocycles. The van der Waals surface area contributed by atoms with E-state index in [4.69, 9.17) is 5.26 Å². The van der Waals surface area contributed by atoms with E-state index >= 15 is 0 Å². The van der Waals surface area contributed by atoms with Gasteiger partial charge in [-0.1, -0.05) is 6.42 Å². The fraction of sp³-hybridized carbons (Fsp3) is 0.462. The lowest BCUT2D eigenvalue weighted by atomic mass is 9.70. The molecule has 1 aliphatic rings. The highest BCUT2D eigenvalue weighted by Crippen LogP contribution is 2.40. The van der Waals surface area contributed by atoms with Crippen molar-refractivity contribution in [1.29, 1.82) is 5.26 Å². The normalized spacial score (nSPS) is 17.6. The average molecular weight is 264 g/mol. The van der Waals surface area contributed by atoms with E-state index in [-0.39, 0.29) is 5.41 Å². The lowest BCUT2D eigenvalue weighted by Crippen LogP contribution is -2.34. The molecule has 0 bridgehead atoms. The zero-order valence-electron chi connectivity index (χ0n) is 10.3. The van der Waals surface area contributed by atoms with Gasteiger partial charge in [0, 0.05) is 18.5 Å². The second kappa shape index (κ2) is 4.62. The Bertz CT molecular complexity index is 566. The zero-order chi connectivity index (χ0) is 13.2. The number of hydrogen-bond acceptors (Lipinski definition) is 4. The maximum Gasteiger partial charge on any atom is 0.175 e. The number of nitriles is 1. The summed E-state index contributed by atoms with van der Waals surface area (Å²) in [4.78, 5) is 0.312. The van der Waals surface area contributed by atoms with Gasteiger partial charge in [0.1, 0.15) is 0 Å². The molecule has 0 radical (unpaired) electrons. The molecule has 0 saturated heterocycles. The molecule has 0 atom stereocenters. The van der Waals surface area contributed by atoms with E-state index in [1.165, 1.54) is 6.26 Å². The Hall–Kier alpha value is -1.54. The van der Waals surface area contributed by atoms with Crippen LogP contribution < -0.4 is 5.32 Å². The van der Waals surface area contributed by atoms with Gasteiger partial charge in [-0.05, 0) is 37.1 Å². The predicted octanol–water partition coefficient (Wildman–Crippen LogP) is 2.20. The monoisotopic (exact) mass is 264 g/mol. The summed E-state index contributed by atoms with van der Waals surface area (Å²) >= 11 is 0. The first kappa shape index (κ1) is 12.9. The molecule has 0 spiro atoms. The van der Waals surface area contributed by atoms with E-state index in [2.05, 4.69) is 11.4 Å². The van der Waals surface area contributed by atoms with Gasteiger partial charge in [-0.3, -0.25) is 0 Å². The summed E-state index contributed by atoms with van der Waals surface area (Å²) in [7, 11) is -3.14. The maximum absolute atomic E-state index is 11.3. The van der Waals surface area contributed by atoms with Gasteiger partial charge < -0.3 is 5.32 Å². The van der Waals surface area contributed by atoms with Crippen molar-refractivity contribution in [1.82, 2.24) is 0 Å². The van der Waals surface area contributed by atoms with Crippen LogP contribution in [0.5, 0.6) is 0 Å². The Morgan fingerprint density at radius 2 is 1.94 bits per heavy atom. The summed E-state index contributed by atoms with van der Waals surface area (Å²) < 4.78 is 22.6. The minimum atomic E-state index is -3.14. The number of anilines is 1. The molecule has 1 aromatic rings. The number of nitrogens with zero attached hydrogens (tertiary/aromatic N) is 1. The van der Waals surface area contributed by atoms with E-state index in [9.17, 15) is 8.42 Å². The highest BCUT2D eigenvalue weighted by molar-refractivity contribution is 7.90. The average Bonchev–Trinajstić information content (AvgIpc) is 2.28. The van der Waals surface area contributed by atoms with Crippen LogP contribution in [0, 0.1) is 16.7 Å². The Labute approximate surface area is 108 Å². The van der Waals surface area contributed by atoms with Crippen LogP contribution >= 0.6 is 0 Å². The van der Waals surface area contributed by atoms with Gasteiger partial charge in [-0.15, -0.1) is 0 Å². The van der Waals surface area contributed by atoms with Crippen molar-refractivity contribution in [3.05, 3.63) is 24.3 Å². The van der Waals surface area contributed by atoms with Crippen LogP contribution in [0.4, 0.5) is 5.69 Å². The van der Waals surface area contributed by atoms with Crippen molar-refractivity contribution < 1.29 is 8.42 Å². The van der Waals surface area contributed by atoms with E-state index in [1.54, 1.807) is 24.3 Å². The van der Waals surface area contributed by atoms with Gasteiger partial charge in [-0.25, -0.2) is 8.42 Å². The third-order valence-electron chi connectivity index (χ3n) is 3.46. The molecule has 0 heterocycles. The molecule has 0 aliphatic heterocycles. The van der Waals surface area contributed by atoms with E-state index in [1.807, 2.05) is 0 Å². The zero-order valence-corrected chi connectivity index (χ0v) is 11.1. The Morgan fingerprint density at radius 1 is 1.33 bits per heavy atom. The first-order valence-electron chi connectivity index (χ1n) is 5.90. The molecule has 1 saturated carbocycles. The molecule has 0 unspecified atom stereocenters. The Morgan fingerprint density at radius 3 is 2.33 bits per heavy atom. The van der Waals surface area contributed by atoms with Crippen molar-refractivity contribution in [3.63, 3.8) is 0 Å². The number of rotatable bonds is 4. The molecular weight excluding hydrogens is 248 g/mol. The molecule has 18 heavy (non-hydrogen) atoms. The highest BCUT2D eigenvalue weighted by atomic mass is 32.2. The molecule has 0 amide bonds. The summed E-state index contributed by atoms with van der Waals surface area (Å²) in [6, 6.07) is 9.00. The summed E-state index contributed by atoms with van der Waals surface area (Å²) in [5.41, 5.74) is 0.624. The molecule has 96 valence electrons. The summed E-state index contributed by atoms with van der Waals surface area (Å²) in [5, 5.41) is 12.3. The number of nitrogens with one attached hydrogen (secondary N) is 1. The standard InChI is InChI=1S/C13H16N2O2S/c1-18(16,17)12-5-3-11(4-6-12)15-10-13(9-14)7-2-8-13/h3-6,15H,2,7-8,10H2,1H3. The predicted molar refractivity (Wildman–Crippen MR) is 69.9 cm³/mol. The van der Waals surface area contributed by atoms with E-state index in [0.29, 0.717) is 11.4 Å². The third kappa shape index (κ3) is 2.65. The molecule has 1 fully saturated rings.